The van der Waals surface area contributed by atoms with Crippen LogP contribution in [0, 0.1) is 0 Å². The highest BCUT2D eigenvalue weighted by Crippen LogP contribution is 2.22. The molecule has 0 radical (unpaired) electrons. The molecule has 18 heavy (non-hydrogen) atoms. The number of nitrogens with one attached hydrogen (secondary N) is 1. The van der Waals surface area contributed by atoms with Crippen LogP contribution in [0.4, 0.5) is 5.69 Å². The van der Waals surface area contributed by atoms with Crippen LogP contribution < -0.4 is 5.32 Å². The number of alkyl halides is 1. The number of unbranched alkanes of at least 4 members (excludes halogenated alkanes) is 1. The summed E-state index contributed by atoms with van der Waals surface area (Å²) in [7, 11) is 0. The summed E-state index contributed by atoms with van der Waals surface area (Å²) < 4.78 is 0. The van der Waals surface area contributed by atoms with Crippen molar-refractivity contribution in [2.24, 2.45) is 0 Å². The Bertz CT molecular complexity index is 368. The molecule has 1 aromatic rings. The first-order chi connectivity index (χ1) is 8.72. The van der Waals surface area contributed by atoms with Gasteiger partial charge in [0.15, 0.2) is 0 Å². The molecule has 0 saturated heterocycles. The maximum atomic E-state index is 11.9. The summed E-state index contributed by atoms with van der Waals surface area (Å²) in [4.78, 5) is 11.9. The molecule has 0 aliphatic rings. The van der Waals surface area contributed by atoms with Crippen LogP contribution in [0.2, 0.25) is 0 Å². The molecular formula is C15H22ClNO. The van der Waals surface area contributed by atoms with Gasteiger partial charge in [-0.15, -0.1) is 11.6 Å². The SMILES string of the molecule is CCc1cccc(CC)c1NC(=O)CCCCCl. The average Bonchev–Trinajstić information content (AvgIpc) is 2.39. The molecule has 0 heterocycles. The zero-order valence-corrected chi connectivity index (χ0v) is 12.0. The zero-order chi connectivity index (χ0) is 13.4. The summed E-state index contributed by atoms with van der Waals surface area (Å²) in [5.74, 6) is 0.717. The van der Waals surface area contributed by atoms with Gasteiger partial charge in [-0.1, -0.05) is 32.0 Å². The van der Waals surface area contributed by atoms with Gasteiger partial charge in [-0.2, -0.15) is 0 Å². The maximum absolute atomic E-state index is 11.9. The Hall–Kier alpha value is -1.02. The third-order valence-electron chi connectivity index (χ3n) is 3.05. The number of hydrogen-bond acceptors (Lipinski definition) is 1. The van der Waals surface area contributed by atoms with Crippen molar-refractivity contribution < 1.29 is 4.79 Å². The van der Waals surface area contributed by atoms with Crippen LogP contribution in [0.5, 0.6) is 0 Å². The Morgan fingerprint density at radius 2 is 1.78 bits per heavy atom. The Morgan fingerprint density at radius 1 is 1.17 bits per heavy atom. The number of aryl methyl sites for hydroxylation is 2. The van der Waals surface area contributed by atoms with Crippen LogP contribution in [0.1, 0.15) is 44.2 Å². The van der Waals surface area contributed by atoms with Gasteiger partial charge < -0.3 is 5.32 Å². The van der Waals surface area contributed by atoms with E-state index in [-0.39, 0.29) is 5.91 Å². The van der Waals surface area contributed by atoms with Gasteiger partial charge in [-0.3, -0.25) is 4.79 Å². The van der Waals surface area contributed by atoms with Gasteiger partial charge in [-0.05, 0) is 36.8 Å². The Balaban J connectivity index is 2.72. The third kappa shape index (κ3) is 4.34. The van der Waals surface area contributed by atoms with Crippen molar-refractivity contribution >= 4 is 23.2 Å². The lowest BCUT2D eigenvalue weighted by Crippen LogP contribution is -2.14. The van der Waals surface area contributed by atoms with Crippen molar-refractivity contribution in [1.29, 1.82) is 0 Å². The number of hydrogen-bond donors (Lipinski definition) is 1. The number of amides is 1. The van der Waals surface area contributed by atoms with Crippen molar-refractivity contribution in [3.63, 3.8) is 0 Å². The Morgan fingerprint density at radius 3 is 2.28 bits per heavy atom. The van der Waals surface area contributed by atoms with Crippen molar-refractivity contribution in [1.82, 2.24) is 0 Å². The van der Waals surface area contributed by atoms with Crippen LogP contribution >= 0.6 is 11.6 Å². The lowest BCUT2D eigenvalue weighted by atomic mass is 10.0. The van der Waals surface area contributed by atoms with Gasteiger partial charge >= 0.3 is 0 Å². The first kappa shape index (κ1) is 15.0. The number of rotatable bonds is 7. The van der Waals surface area contributed by atoms with E-state index >= 15 is 0 Å². The van der Waals surface area contributed by atoms with E-state index in [0.29, 0.717) is 12.3 Å². The van der Waals surface area contributed by atoms with Crippen molar-refractivity contribution in [2.45, 2.75) is 46.0 Å². The summed E-state index contributed by atoms with van der Waals surface area (Å²) in [6.07, 6.45) is 4.17. The fourth-order valence-corrected chi connectivity index (χ4v) is 2.17. The molecule has 2 nitrogen and oxygen atoms in total. The van der Waals surface area contributed by atoms with E-state index in [9.17, 15) is 4.79 Å². The lowest BCUT2D eigenvalue weighted by molar-refractivity contribution is -0.116. The van der Waals surface area contributed by atoms with Gasteiger partial charge in [0.1, 0.15) is 0 Å². The largest absolute Gasteiger partial charge is 0.326 e. The monoisotopic (exact) mass is 267 g/mol. The molecule has 0 bridgehead atoms. The molecule has 1 N–H and O–H groups in total. The van der Waals surface area contributed by atoms with Crippen LogP contribution in [0.15, 0.2) is 18.2 Å². The predicted molar refractivity (Wildman–Crippen MR) is 78.4 cm³/mol. The van der Waals surface area contributed by atoms with Crippen LogP contribution in [-0.2, 0) is 17.6 Å². The van der Waals surface area contributed by atoms with E-state index in [0.717, 1.165) is 31.4 Å². The highest BCUT2D eigenvalue weighted by atomic mass is 35.5. The normalized spacial score (nSPS) is 10.4. The predicted octanol–water partition coefficient (Wildman–Crippen LogP) is 4.16. The van der Waals surface area contributed by atoms with E-state index in [2.05, 4.69) is 37.4 Å². The average molecular weight is 268 g/mol. The number of anilines is 1. The Labute approximate surface area is 115 Å². The summed E-state index contributed by atoms with van der Waals surface area (Å²) in [5.41, 5.74) is 3.43. The number of carbonyl (C=O) groups excluding carboxylic acids is 1. The summed E-state index contributed by atoms with van der Waals surface area (Å²) in [6.45, 7) is 4.22. The maximum Gasteiger partial charge on any atom is 0.224 e. The lowest BCUT2D eigenvalue weighted by Gasteiger charge is -2.14. The third-order valence-corrected chi connectivity index (χ3v) is 3.32. The molecule has 0 aliphatic carbocycles. The van der Waals surface area contributed by atoms with E-state index in [1.165, 1.54) is 11.1 Å². The number of para-hydroxylation sites is 1. The summed E-state index contributed by atoms with van der Waals surface area (Å²) >= 11 is 5.61. The second-order valence-corrected chi connectivity index (χ2v) is 4.73. The number of benzene rings is 1. The molecule has 0 saturated carbocycles. The molecular weight excluding hydrogens is 246 g/mol. The molecule has 1 rings (SSSR count). The van der Waals surface area contributed by atoms with Crippen LogP contribution in [0.25, 0.3) is 0 Å². The number of halogens is 1. The molecule has 1 aromatic carbocycles. The van der Waals surface area contributed by atoms with Crippen molar-refractivity contribution in [3.8, 4) is 0 Å². The molecule has 0 fully saturated rings. The first-order valence-electron chi connectivity index (χ1n) is 6.69. The summed E-state index contributed by atoms with van der Waals surface area (Å²) in [5, 5.41) is 3.06. The second kappa shape index (κ2) is 8.15. The fourth-order valence-electron chi connectivity index (χ4n) is 1.99. The molecule has 1 amide bonds. The van der Waals surface area contributed by atoms with E-state index < -0.39 is 0 Å². The zero-order valence-electron chi connectivity index (χ0n) is 11.3. The van der Waals surface area contributed by atoms with Crippen molar-refractivity contribution in [3.05, 3.63) is 29.3 Å². The molecule has 0 unspecified atom stereocenters. The first-order valence-corrected chi connectivity index (χ1v) is 7.22. The minimum Gasteiger partial charge on any atom is -0.326 e. The second-order valence-electron chi connectivity index (χ2n) is 4.35. The molecule has 3 heteroatoms. The highest BCUT2D eigenvalue weighted by Gasteiger charge is 2.09. The van der Waals surface area contributed by atoms with Crippen LogP contribution in [-0.4, -0.2) is 11.8 Å². The van der Waals surface area contributed by atoms with Gasteiger partial charge in [-0.25, -0.2) is 0 Å². The Kier molecular flexibility index (Phi) is 6.81. The van der Waals surface area contributed by atoms with E-state index in [4.69, 9.17) is 11.6 Å². The number of carbonyl (C=O) groups is 1. The molecule has 0 aromatic heterocycles. The van der Waals surface area contributed by atoms with E-state index in [1.54, 1.807) is 0 Å². The minimum absolute atomic E-state index is 0.0933. The summed E-state index contributed by atoms with van der Waals surface area (Å²) in [6, 6.07) is 6.21. The quantitative estimate of drug-likeness (QED) is 0.583. The topological polar surface area (TPSA) is 29.1 Å². The minimum atomic E-state index is 0.0933. The molecule has 0 aliphatic heterocycles. The molecule has 0 spiro atoms. The van der Waals surface area contributed by atoms with Crippen LogP contribution in [0.3, 0.4) is 0 Å². The van der Waals surface area contributed by atoms with Gasteiger partial charge in [0.25, 0.3) is 0 Å². The fraction of sp³-hybridized carbons (Fsp3) is 0.533. The molecule has 0 atom stereocenters. The van der Waals surface area contributed by atoms with Gasteiger partial charge in [0.2, 0.25) is 5.91 Å². The molecule has 100 valence electrons. The van der Waals surface area contributed by atoms with Gasteiger partial charge in [0.05, 0.1) is 0 Å². The van der Waals surface area contributed by atoms with Crippen molar-refractivity contribution in [2.75, 3.05) is 11.2 Å². The highest BCUT2D eigenvalue weighted by molar-refractivity contribution is 6.17. The van der Waals surface area contributed by atoms with E-state index in [1.807, 2.05) is 0 Å². The standard InChI is InChI=1S/C15H22ClNO/c1-3-12-8-7-9-13(4-2)15(12)17-14(18)10-5-6-11-16/h7-9H,3-6,10-11H2,1-2H3,(H,17,18). The smallest absolute Gasteiger partial charge is 0.224 e. The van der Waals surface area contributed by atoms with Gasteiger partial charge in [0, 0.05) is 18.0 Å².